The number of β-amino-alcohol motifs (C(OH)–C–C–N with tert-alkyl or cyclic N) is 1. The van der Waals surface area contributed by atoms with Gasteiger partial charge in [0, 0.05) is 43.1 Å². The van der Waals surface area contributed by atoms with Crippen molar-refractivity contribution >= 4 is 18.0 Å². The predicted octanol–water partition coefficient (Wildman–Crippen LogP) is 3.76. The van der Waals surface area contributed by atoms with Crippen LogP contribution in [0.5, 0.6) is 5.75 Å². The van der Waals surface area contributed by atoms with Gasteiger partial charge in [-0.1, -0.05) is 18.2 Å². The quantitative estimate of drug-likeness (QED) is 0.273. The molecule has 186 valence electrons. The van der Waals surface area contributed by atoms with Gasteiger partial charge < -0.3 is 19.6 Å². The van der Waals surface area contributed by atoms with Gasteiger partial charge in [-0.2, -0.15) is 0 Å². The Morgan fingerprint density at radius 1 is 1.34 bits per heavy atom. The van der Waals surface area contributed by atoms with Gasteiger partial charge in [0.05, 0.1) is 11.9 Å². The lowest BCUT2D eigenvalue weighted by Crippen LogP contribution is -2.67. The average Bonchev–Trinajstić information content (AvgIpc) is 3.22. The second kappa shape index (κ2) is 10.2. The van der Waals surface area contributed by atoms with Crippen LogP contribution in [0.1, 0.15) is 49.5 Å². The minimum Gasteiger partial charge on any atom is -0.469 e. The zero-order valence-corrected chi connectivity index (χ0v) is 20.5. The Hall–Kier alpha value is -3.16. The molecular formula is C28H34N2O5. The molecule has 7 heteroatoms. The number of nitrogens with zero attached hydrogens (tertiary/aromatic N) is 1. The van der Waals surface area contributed by atoms with Gasteiger partial charge in [-0.3, -0.25) is 14.5 Å². The van der Waals surface area contributed by atoms with E-state index in [4.69, 9.17) is 9.15 Å². The summed E-state index contributed by atoms with van der Waals surface area (Å²) in [6.45, 7) is 9.11. The molecule has 1 aliphatic carbocycles. The number of hydrogen-bond donors (Lipinski definition) is 2. The summed E-state index contributed by atoms with van der Waals surface area (Å²) < 4.78 is 10.6. The highest BCUT2D eigenvalue weighted by Gasteiger charge is 2.57. The lowest BCUT2D eigenvalue weighted by molar-refractivity contribution is -0.132. The molecule has 2 aliphatic rings. The van der Waals surface area contributed by atoms with Crippen LogP contribution in [0.15, 0.2) is 59.7 Å². The standard InChI is InChI=1S/C28H34N2O5/c1-4-14-30-15-13-27(23-6-5-7-25(17-23)35-21(3)31)18-24(10-12-28(27,33)19-30)29-26(32)9-8-22-11-16-34-20(22)2/h4-9,11,16-17,24,33H,1,10,12-15,18-19H2,2-3H3,(H,29,32)/b9-8+/t24-,27-,28-/m0/s1. The van der Waals surface area contributed by atoms with Gasteiger partial charge in [0.25, 0.3) is 0 Å². The molecule has 3 atom stereocenters. The second-order valence-electron chi connectivity index (χ2n) is 9.72. The first-order valence-electron chi connectivity index (χ1n) is 12.1. The van der Waals surface area contributed by atoms with Crippen molar-refractivity contribution in [3.8, 4) is 5.75 Å². The molecule has 1 aromatic carbocycles. The summed E-state index contributed by atoms with van der Waals surface area (Å²) >= 11 is 0. The highest BCUT2D eigenvalue weighted by Crippen LogP contribution is 2.52. The number of piperidine rings is 1. The van der Waals surface area contributed by atoms with Crippen LogP contribution in [-0.2, 0) is 15.0 Å². The predicted molar refractivity (Wildman–Crippen MR) is 134 cm³/mol. The van der Waals surface area contributed by atoms with Crippen molar-refractivity contribution < 1.29 is 23.8 Å². The van der Waals surface area contributed by atoms with Crippen LogP contribution in [0.2, 0.25) is 0 Å². The Kier molecular flexibility index (Phi) is 7.28. The number of furan rings is 1. The van der Waals surface area contributed by atoms with E-state index in [1.807, 2.05) is 37.3 Å². The van der Waals surface area contributed by atoms with Crippen molar-refractivity contribution in [3.63, 3.8) is 0 Å². The normalized spacial score (nSPS) is 26.8. The van der Waals surface area contributed by atoms with Crippen molar-refractivity contribution in [3.05, 3.63) is 72.2 Å². The molecule has 1 saturated carbocycles. The summed E-state index contributed by atoms with van der Waals surface area (Å²) in [5.74, 6) is 0.664. The molecule has 35 heavy (non-hydrogen) atoms. The zero-order chi connectivity index (χ0) is 25.1. The second-order valence-corrected chi connectivity index (χ2v) is 9.72. The van der Waals surface area contributed by atoms with Crippen molar-refractivity contribution in [1.82, 2.24) is 10.2 Å². The Morgan fingerprint density at radius 3 is 2.89 bits per heavy atom. The largest absolute Gasteiger partial charge is 0.469 e. The van der Waals surface area contributed by atoms with Crippen LogP contribution in [0.4, 0.5) is 0 Å². The van der Waals surface area contributed by atoms with E-state index < -0.39 is 11.0 Å². The third kappa shape index (κ3) is 5.26. The number of fused-ring (bicyclic) bond motifs is 1. The number of esters is 1. The number of likely N-dealkylation sites (tertiary alicyclic amines) is 1. The smallest absolute Gasteiger partial charge is 0.308 e. The third-order valence-corrected chi connectivity index (χ3v) is 7.43. The van der Waals surface area contributed by atoms with E-state index in [0.29, 0.717) is 38.1 Å². The molecule has 0 radical (unpaired) electrons. The van der Waals surface area contributed by atoms with Crippen molar-refractivity contribution in [2.45, 2.75) is 56.6 Å². The molecule has 2 N–H and O–H groups in total. The molecular weight excluding hydrogens is 444 g/mol. The Labute approximate surface area is 206 Å². The SMILES string of the molecule is C=CCN1CC[C@@]2(c3cccc(OC(C)=O)c3)C[C@@H](NC(=O)/C=C/c3ccoc3C)CC[C@]2(O)C1. The lowest BCUT2D eigenvalue weighted by Gasteiger charge is -2.58. The van der Waals surface area contributed by atoms with E-state index in [1.165, 1.54) is 13.0 Å². The number of benzene rings is 1. The van der Waals surface area contributed by atoms with Gasteiger partial charge in [0.1, 0.15) is 11.5 Å². The summed E-state index contributed by atoms with van der Waals surface area (Å²) in [6.07, 6.45) is 9.27. The number of carbonyl (C=O) groups is 2. The van der Waals surface area contributed by atoms with Gasteiger partial charge in [0.15, 0.2) is 0 Å². The zero-order valence-electron chi connectivity index (χ0n) is 20.5. The fourth-order valence-corrected chi connectivity index (χ4v) is 5.73. The Bertz CT molecular complexity index is 1120. The Balaban J connectivity index is 1.60. The molecule has 0 spiro atoms. The van der Waals surface area contributed by atoms with Gasteiger partial charge in [-0.15, -0.1) is 6.58 Å². The molecule has 1 aliphatic heterocycles. The van der Waals surface area contributed by atoms with E-state index in [0.717, 1.165) is 29.9 Å². The first kappa shape index (κ1) is 24.9. The number of rotatable bonds is 7. The monoisotopic (exact) mass is 478 g/mol. The fraction of sp³-hybridized carbons (Fsp3) is 0.429. The van der Waals surface area contributed by atoms with Gasteiger partial charge in [-0.05, 0) is 69.0 Å². The molecule has 1 aromatic heterocycles. The topological polar surface area (TPSA) is 92.0 Å². The lowest BCUT2D eigenvalue weighted by atomic mass is 9.55. The molecule has 4 rings (SSSR count). The van der Waals surface area contributed by atoms with Crippen molar-refractivity contribution in [2.24, 2.45) is 0 Å². The molecule has 0 unspecified atom stereocenters. The van der Waals surface area contributed by atoms with Crippen LogP contribution in [0.3, 0.4) is 0 Å². The summed E-state index contributed by atoms with van der Waals surface area (Å²) in [5, 5.41) is 15.2. The molecule has 2 aromatic rings. The van der Waals surface area contributed by atoms with E-state index in [2.05, 4.69) is 16.8 Å². The van der Waals surface area contributed by atoms with E-state index in [9.17, 15) is 14.7 Å². The van der Waals surface area contributed by atoms with Gasteiger partial charge >= 0.3 is 5.97 Å². The molecule has 1 amide bonds. The minimum atomic E-state index is -0.978. The average molecular weight is 479 g/mol. The van der Waals surface area contributed by atoms with E-state index >= 15 is 0 Å². The number of amides is 1. The first-order valence-corrected chi connectivity index (χ1v) is 12.1. The van der Waals surface area contributed by atoms with Crippen molar-refractivity contribution in [2.75, 3.05) is 19.6 Å². The maximum absolute atomic E-state index is 12.7. The summed E-state index contributed by atoms with van der Waals surface area (Å²) in [5.41, 5.74) is 0.239. The number of aliphatic hydroxyl groups is 1. The number of hydrogen-bond acceptors (Lipinski definition) is 6. The molecule has 0 bridgehead atoms. The van der Waals surface area contributed by atoms with Crippen LogP contribution in [0, 0.1) is 6.92 Å². The van der Waals surface area contributed by atoms with Gasteiger partial charge in [-0.25, -0.2) is 0 Å². The highest BCUT2D eigenvalue weighted by atomic mass is 16.5. The number of ether oxygens (including phenoxy) is 1. The summed E-state index contributed by atoms with van der Waals surface area (Å²) in [7, 11) is 0. The van der Waals surface area contributed by atoms with Crippen LogP contribution in [-0.4, -0.2) is 53.2 Å². The third-order valence-electron chi connectivity index (χ3n) is 7.43. The molecule has 2 fully saturated rings. The molecule has 2 heterocycles. The van der Waals surface area contributed by atoms with E-state index in [1.54, 1.807) is 18.4 Å². The van der Waals surface area contributed by atoms with Crippen LogP contribution < -0.4 is 10.1 Å². The maximum atomic E-state index is 12.7. The summed E-state index contributed by atoms with van der Waals surface area (Å²) in [4.78, 5) is 26.5. The van der Waals surface area contributed by atoms with Crippen molar-refractivity contribution in [1.29, 1.82) is 0 Å². The molecule has 1 saturated heterocycles. The number of carbonyl (C=O) groups excluding carboxylic acids is 2. The minimum absolute atomic E-state index is 0.0961. The number of nitrogens with one attached hydrogen (secondary N) is 1. The van der Waals surface area contributed by atoms with Gasteiger partial charge in [0.2, 0.25) is 5.91 Å². The van der Waals surface area contributed by atoms with E-state index in [-0.39, 0.29) is 17.9 Å². The number of aryl methyl sites for hydroxylation is 1. The highest BCUT2D eigenvalue weighted by molar-refractivity contribution is 5.92. The van der Waals surface area contributed by atoms with Crippen LogP contribution in [0.25, 0.3) is 6.08 Å². The Morgan fingerprint density at radius 2 is 2.17 bits per heavy atom. The molecule has 7 nitrogen and oxygen atoms in total. The maximum Gasteiger partial charge on any atom is 0.308 e. The summed E-state index contributed by atoms with van der Waals surface area (Å²) in [6, 6.07) is 9.19. The first-order chi connectivity index (χ1) is 16.7. The fourth-order valence-electron chi connectivity index (χ4n) is 5.73. The van der Waals surface area contributed by atoms with Crippen LogP contribution >= 0.6 is 0 Å².